The zero-order valence-electron chi connectivity index (χ0n) is 14.8. The Morgan fingerprint density at radius 3 is 2.68 bits per heavy atom. The first kappa shape index (κ1) is 21.9. The molecule has 2 aromatic heterocycles. The molecule has 3 heterocycles. The summed E-state index contributed by atoms with van der Waals surface area (Å²) in [6, 6.07) is 0. The maximum Gasteiger partial charge on any atom is 0.225 e. The number of hydrogen-bond acceptors (Lipinski definition) is 5. The van der Waals surface area contributed by atoms with E-state index in [1.165, 1.54) is 0 Å². The second kappa shape index (κ2) is 8.49. The van der Waals surface area contributed by atoms with Crippen LogP contribution in [0.25, 0.3) is 0 Å². The number of halogens is 2. The fourth-order valence-corrected chi connectivity index (χ4v) is 3.91. The van der Waals surface area contributed by atoms with Gasteiger partial charge in [0.25, 0.3) is 0 Å². The lowest BCUT2D eigenvalue weighted by Gasteiger charge is -2.27. The molecule has 6 nitrogen and oxygen atoms in total. The Morgan fingerprint density at radius 1 is 1.40 bits per heavy atom. The highest BCUT2D eigenvalue weighted by atomic mass is 35.5. The molecule has 9 heteroatoms. The predicted molar refractivity (Wildman–Crippen MR) is 105 cm³/mol. The quantitative estimate of drug-likeness (QED) is 0.818. The van der Waals surface area contributed by atoms with E-state index in [-0.39, 0.29) is 42.6 Å². The van der Waals surface area contributed by atoms with Gasteiger partial charge in [-0.3, -0.25) is 9.48 Å². The first-order valence-electron chi connectivity index (χ1n) is 7.81. The molecule has 0 aromatic carbocycles. The number of nitrogens with zero attached hydrogens (tertiary/aromatic N) is 3. The van der Waals surface area contributed by atoms with Crippen molar-refractivity contribution < 1.29 is 4.79 Å². The smallest absolute Gasteiger partial charge is 0.225 e. The molecular weight excluding hydrogens is 381 g/mol. The summed E-state index contributed by atoms with van der Waals surface area (Å²) in [5, 5.41) is 13.7. The molecule has 0 radical (unpaired) electrons. The molecule has 0 bridgehead atoms. The van der Waals surface area contributed by atoms with Crippen LogP contribution in [0.3, 0.4) is 0 Å². The summed E-state index contributed by atoms with van der Waals surface area (Å²) in [6.45, 7) is 7.48. The van der Waals surface area contributed by atoms with Gasteiger partial charge in [-0.15, -0.1) is 36.2 Å². The van der Waals surface area contributed by atoms with Crippen molar-refractivity contribution in [1.82, 2.24) is 25.4 Å². The van der Waals surface area contributed by atoms with Crippen molar-refractivity contribution in [3.8, 4) is 0 Å². The van der Waals surface area contributed by atoms with E-state index in [9.17, 15) is 4.79 Å². The third-order valence-corrected chi connectivity index (χ3v) is 5.58. The molecule has 2 N–H and O–H groups in total. The summed E-state index contributed by atoms with van der Waals surface area (Å²) in [4.78, 5) is 17.3. The van der Waals surface area contributed by atoms with Gasteiger partial charge in [0, 0.05) is 43.3 Å². The minimum Gasteiger partial charge on any atom is -0.344 e. The van der Waals surface area contributed by atoms with Gasteiger partial charge in [-0.05, 0) is 26.3 Å². The highest BCUT2D eigenvalue weighted by molar-refractivity contribution is 7.09. The summed E-state index contributed by atoms with van der Waals surface area (Å²) in [5.74, 6) is 0.152. The second-order valence-corrected chi connectivity index (χ2v) is 7.58. The Kier molecular flexibility index (Phi) is 7.43. The number of thiazole rings is 1. The van der Waals surface area contributed by atoms with Gasteiger partial charge in [0.1, 0.15) is 5.01 Å². The minimum absolute atomic E-state index is 0. The highest BCUT2D eigenvalue weighted by Gasteiger charge is 2.37. The van der Waals surface area contributed by atoms with Crippen LogP contribution < -0.4 is 10.6 Å². The van der Waals surface area contributed by atoms with Crippen LogP contribution in [0, 0.1) is 12.8 Å². The fraction of sp³-hybridized carbons (Fsp3) is 0.562. The molecule has 25 heavy (non-hydrogen) atoms. The average Bonchev–Trinajstić information content (AvgIpc) is 3.17. The van der Waals surface area contributed by atoms with Gasteiger partial charge in [0.05, 0.1) is 17.7 Å². The van der Waals surface area contributed by atoms with Crippen molar-refractivity contribution in [2.24, 2.45) is 13.0 Å². The SMILES string of the molecule is Cc1csc(C(C)(C)NC(=O)[C@H]2CNC[C@@H]2c2cnn(C)c2)n1.Cl.Cl. The lowest BCUT2D eigenvalue weighted by molar-refractivity contribution is -0.126. The van der Waals surface area contributed by atoms with Crippen LogP contribution in [0.5, 0.6) is 0 Å². The van der Waals surface area contributed by atoms with Gasteiger partial charge in [-0.25, -0.2) is 4.98 Å². The van der Waals surface area contributed by atoms with Gasteiger partial charge < -0.3 is 10.6 Å². The van der Waals surface area contributed by atoms with Gasteiger partial charge >= 0.3 is 0 Å². The normalized spacial score (nSPS) is 19.8. The van der Waals surface area contributed by atoms with Crippen LogP contribution in [0.4, 0.5) is 0 Å². The third-order valence-electron chi connectivity index (χ3n) is 4.29. The molecule has 1 aliphatic rings. The van der Waals surface area contributed by atoms with Crippen LogP contribution in [0.1, 0.15) is 36.0 Å². The number of carbonyl (C=O) groups is 1. The maximum absolute atomic E-state index is 12.8. The van der Waals surface area contributed by atoms with E-state index in [0.29, 0.717) is 6.54 Å². The van der Waals surface area contributed by atoms with Crippen LogP contribution in [-0.2, 0) is 17.4 Å². The standard InChI is InChI=1S/C16H23N5OS.2ClH/c1-10-9-23-15(19-10)16(2,3)20-14(22)13-7-17-6-12(13)11-5-18-21(4)8-11;;/h5,8-9,12-13,17H,6-7H2,1-4H3,(H,20,22);2*1H/t12-,13+;;/m1../s1. The average molecular weight is 406 g/mol. The number of aromatic nitrogens is 3. The van der Waals surface area contributed by atoms with Gasteiger partial charge in [-0.1, -0.05) is 0 Å². The highest BCUT2D eigenvalue weighted by Crippen LogP contribution is 2.30. The molecule has 140 valence electrons. The van der Waals surface area contributed by atoms with Gasteiger partial charge in [-0.2, -0.15) is 5.10 Å². The van der Waals surface area contributed by atoms with Crippen LogP contribution >= 0.6 is 36.2 Å². The lowest BCUT2D eigenvalue weighted by atomic mass is 9.89. The van der Waals surface area contributed by atoms with Crippen molar-refractivity contribution in [2.75, 3.05) is 13.1 Å². The summed E-state index contributed by atoms with van der Waals surface area (Å²) >= 11 is 1.59. The number of rotatable bonds is 4. The summed E-state index contributed by atoms with van der Waals surface area (Å²) in [7, 11) is 1.90. The molecule has 0 saturated carbocycles. The van der Waals surface area contributed by atoms with E-state index in [4.69, 9.17) is 0 Å². The number of aryl methyl sites for hydroxylation is 2. The summed E-state index contributed by atoms with van der Waals surface area (Å²) in [6.07, 6.45) is 3.85. The zero-order chi connectivity index (χ0) is 16.6. The Bertz CT molecular complexity index is 715. The van der Waals surface area contributed by atoms with E-state index in [0.717, 1.165) is 22.8 Å². The Balaban J connectivity index is 0.00000156. The van der Waals surface area contributed by atoms with Crippen molar-refractivity contribution in [3.05, 3.63) is 34.0 Å². The molecular formula is C16H25Cl2N5OS. The fourth-order valence-electron chi connectivity index (χ4n) is 3.03. The number of amides is 1. The second-order valence-electron chi connectivity index (χ2n) is 6.73. The number of nitrogens with one attached hydrogen (secondary N) is 2. The number of hydrogen-bond donors (Lipinski definition) is 2. The van der Waals surface area contributed by atoms with E-state index >= 15 is 0 Å². The summed E-state index contributed by atoms with van der Waals surface area (Å²) in [5.41, 5.74) is 1.64. The molecule has 3 rings (SSSR count). The minimum atomic E-state index is -0.460. The molecule has 1 fully saturated rings. The predicted octanol–water partition coefficient (Wildman–Crippen LogP) is 2.38. The van der Waals surface area contributed by atoms with Crippen molar-refractivity contribution in [1.29, 1.82) is 0 Å². The molecule has 0 aliphatic carbocycles. The van der Waals surface area contributed by atoms with Gasteiger partial charge in [0.2, 0.25) is 5.91 Å². The van der Waals surface area contributed by atoms with E-state index < -0.39 is 5.54 Å². The van der Waals surface area contributed by atoms with E-state index in [2.05, 4.69) is 20.7 Å². The molecule has 0 spiro atoms. The third kappa shape index (κ3) is 4.73. The molecule has 1 aliphatic heterocycles. The summed E-state index contributed by atoms with van der Waals surface area (Å²) < 4.78 is 1.78. The molecule has 0 unspecified atom stereocenters. The largest absolute Gasteiger partial charge is 0.344 e. The van der Waals surface area contributed by atoms with Crippen molar-refractivity contribution in [2.45, 2.75) is 32.2 Å². The Labute approximate surface area is 164 Å². The maximum atomic E-state index is 12.8. The van der Waals surface area contributed by atoms with Crippen LogP contribution in [0.2, 0.25) is 0 Å². The number of carbonyl (C=O) groups excluding carboxylic acids is 1. The monoisotopic (exact) mass is 405 g/mol. The van der Waals surface area contributed by atoms with E-state index in [1.54, 1.807) is 16.0 Å². The Morgan fingerprint density at radius 2 is 2.12 bits per heavy atom. The Hall–Kier alpha value is -1.15. The molecule has 2 atom stereocenters. The molecule has 1 saturated heterocycles. The molecule has 2 aromatic rings. The van der Waals surface area contributed by atoms with Crippen molar-refractivity contribution in [3.63, 3.8) is 0 Å². The van der Waals surface area contributed by atoms with Crippen LogP contribution in [0.15, 0.2) is 17.8 Å². The van der Waals surface area contributed by atoms with Gasteiger partial charge in [0.15, 0.2) is 0 Å². The topological polar surface area (TPSA) is 71.8 Å². The molecule has 1 amide bonds. The van der Waals surface area contributed by atoms with Crippen LogP contribution in [-0.4, -0.2) is 33.8 Å². The first-order chi connectivity index (χ1) is 10.9. The lowest BCUT2D eigenvalue weighted by Crippen LogP contribution is -2.45. The first-order valence-corrected chi connectivity index (χ1v) is 8.68. The van der Waals surface area contributed by atoms with Crippen molar-refractivity contribution >= 4 is 42.1 Å². The zero-order valence-corrected chi connectivity index (χ0v) is 17.2. The van der Waals surface area contributed by atoms with E-state index in [1.807, 2.05) is 45.6 Å².